The van der Waals surface area contributed by atoms with Crippen LogP contribution in [0.3, 0.4) is 0 Å². The Labute approximate surface area is 296 Å². The molecule has 1 fully saturated rings. The van der Waals surface area contributed by atoms with E-state index >= 15 is 0 Å². The van der Waals surface area contributed by atoms with Crippen molar-refractivity contribution in [3.05, 3.63) is 116 Å². The Bertz CT molecular complexity index is 1690. The summed E-state index contributed by atoms with van der Waals surface area (Å²) in [5.41, 5.74) is 6.43. The molecule has 252 valence electrons. The van der Waals surface area contributed by atoms with E-state index in [1.54, 1.807) is 4.90 Å². The molecule has 0 radical (unpaired) electrons. The number of fused-ring (bicyclic) bond motifs is 2. The lowest BCUT2D eigenvalue weighted by Crippen LogP contribution is -2.62. The topological polar surface area (TPSA) is 83.8 Å². The fourth-order valence-electron chi connectivity index (χ4n) is 6.84. The quantitative estimate of drug-likeness (QED) is 0.188. The lowest BCUT2D eigenvalue weighted by Gasteiger charge is -2.44. The number of imidazole rings is 1. The van der Waals surface area contributed by atoms with Crippen LogP contribution in [0.4, 0.5) is 4.79 Å². The van der Waals surface area contributed by atoms with Crippen molar-refractivity contribution < 1.29 is 14.3 Å². The van der Waals surface area contributed by atoms with Crippen LogP contribution >= 0.6 is 27.5 Å². The molecule has 0 bridgehead atoms. The van der Waals surface area contributed by atoms with Gasteiger partial charge in [0.15, 0.2) is 0 Å². The first-order valence-electron chi connectivity index (χ1n) is 16.6. The summed E-state index contributed by atoms with van der Waals surface area (Å²) in [7, 11) is 0. The standard InChI is InChI=1S/C37H42BrClN6O3/c1-25(2)48-37(47)45-17-16-43(35-32-13-12-31(39)19-28(32)10-11-29-18-30(38)20-40-34(29)35)23-33(45)36(46)44(22-27-8-5-4-6-9-27)15-7-14-42-21-26(3)41-24-42/h4-6,8-9,12-13,18-21,24-25,33,35H,7,10-11,14-17,22-23H2,1-3H3/t33-,35+/m1/s1. The number of rotatable bonds is 9. The summed E-state index contributed by atoms with van der Waals surface area (Å²) in [5.74, 6) is -0.0972. The second kappa shape index (κ2) is 15.2. The van der Waals surface area contributed by atoms with Gasteiger partial charge < -0.3 is 14.2 Å². The molecule has 11 heteroatoms. The Balaban J connectivity index is 1.34. The van der Waals surface area contributed by atoms with Crippen molar-refractivity contribution in [2.75, 3.05) is 26.2 Å². The van der Waals surface area contributed by atoms with Crippen molar-refractivity contribution in [3.63, 3.8) is 0 Å². The van der Waals surface area contributed by atoms with Gasteiger partial charge in [-0.05, 0) is 96.4 Å². The van der Waals surface area contributed by atoms with Gasteiger partial charge in [-0.3, -0.25) is 19.6 Å². The van der Waals surface area contributed by atoms with E-state index in [-0.39, 0.29) is 18.1 Å². The first-order valence-corrected chi connectivity index (χ1v) is 17.8. The molecule has 2 aliphatic rings. The van der Waals surface area contributed by atoms with Crippen LogP contribution in [0.5, 0.6) is 0 Å². The third-order valence-electron chi connectivity index (χ3n) is 9.06. The Morgan fingerprint density at radius 3 is 2.60 bits per heavy atom. The zero-order chi connectivity index (χ0) is 33.8. The van der Waals surface area contributed by atoms with Gasteiger partial charge in [-0.2, -0.15) is 0 Å². The summed E-state index contributed by atoms with van der Waals surface area (Å²) in [6, 6.07) is 17.3. The number of amides is 2. The molecule has 4 aromatic rings. The number of hydrogen-bond donors (Lipinski definition) is 0. The molecule has 2 aromatic heterocycles. The monoisotopic (exact) mass is 732 g/mol. The molecule has 2 amide bonds. The van der Waals surface area contributed by atoms with E-state index in [2.05, 4.69) is 37.9 Å². The SMILES string of the molecule is Cc1cn(CCCN(Cc2ccccc2)C(=O)[C@H]2CN([C@H]3c4ccc(Cl)cc4CCc4cc(Br)cnc43)CCN2C(=O)OC(C)C)cn1. The van der Waals surface area contributed by atoms with E-state index in [9.17, 15) is 9.59 Å². The summed E-state index contributed by atoms with van der Waals surface area (Å²) in [5, 5.41) is 0.698. The van der Waals surface area contributed by atoms with Crippen LogP contribution in [-0.2, 0) is 35.5 Å². The molecule has 0 N–H and O–H groups in total. The summed E-state index contributed by atoms with van der Waals surface area (Å²) < 4.78 is 8.68. The van der Waals surface area contributed by atoms with Gasteiger partial charge in [0.1, 0.15) is 6.04 Å². The van der Waals surface area contributed by atoms with Gasteiger partial charge in [0, 0.05) is 61.2 Å². The minimum atomic E-state index is -0.748. The molecule has 1 saturated heterocycles. The average molecular weight is 734 g/mol. The highest BCUT2D eigenvalue weighted by Crippen LogP contribution is 2.39. The highest BCUT2D eigenvalue weighted by Gasteiger charge is 2.42. The van der Waals surface area contributed by atoms with Crippen molar-refractivity contribution in [1.29, 1.82) is 0 Å². The Hall–Kier alpha value is -3.73. The van der Waals surface area contributed by atoms with Gasteiger partial charge in [-0.25, -0.2) is 9.78 Å². The lowest BCUT2D eigenvalue weighted by molar-refractivity contribution is -0.140. The maximum atomic E-state index is 14.8. The second-order valence-electron chi connectivity index (χ2n) is 12.9. The number of carbonyl (C=O) groups is 2. The zero-order valence-corrected chi connectivity index (χ0v) is 30.0. The number of pyridine rings is 1. The first kappa shape index (κ1) is 34.1. The van der Waals surface area contributed by atoms with Gasteiger partial charge >= 0.3 is 6.09 Å². The Morgan fingerprint density at radius 1 is 1.06 bits per heavy atom. The Kier molecular flexibility index (Phi) is 10.8. The van der Waals surface area contributed by atoms with Gasteiger partial charge in [0.2, 0.25) is 5.91 Å². The molecule has 48 heavy (non-hydrogen) atoms. The number of piperazine rings is 1. The van der Waals surface area contributed by atoms with E-state index in [0.29, 0.717) is 37.7 Å². The molecule has 0 spiro atoms. The van der Waals surface area contributed by atoms with Gasteiger partial charge in [0.25, 0.3) is 0 Å². The summed E-state index contributed by atoms with van der Waals surface area (Å²) in [6.45, 7) is 8.57. The number of hydrogen-bond acceptors (Lipinski definition) is 6. The minimum absolute atomic E-state index is 0.0972. The second-order valence-corrected chi connectivity index (χ2v) is 14.3. The third kappa shape index (κ3) is 7.93. The molecule has 2 atom stereocenters. The van der Waals surface area contributed by atoms with Gasteiger partial charge in [-0.1, -0.05) is 48.0 Å². The highest BCUT2D eigenvalue weighted by atomic mass is 79.9. The largest absolute Gasteiger partial charge is 0.447 e. The number of ether oxygens (including phenoxy) is 1. The van der Waals surface area contributed by atoms with Crippen LogP contribution in [0.25, 0.3) is 0 Å². The van der Waals surface area contributed by atoms with Crippen LogP contribution in [-0.4, -0.2) is 79.6 Å². The number of benzene rings is 2. The number of halogens is 2. The van der Waals surface area contributed by atoms with Crippen molar-refractivity contribution in [2.45, 2.75) is 71.3 Å². The molecule has 0 unspecified atom stereocenters. The van der Waals surface area contributed by atoms with Crippen LogP contribution < -0.4 is 0 Å². The van der Waals surface area contributed by atoms with Crippen molar-refractivity contribution >= 4 is 39.5 Å². The molecule has 6 rings (SSSR count). The first-order chi connectivity index (χ1) is 23.2. The van der Waals surface area contributed by atoms with E-state index in [4.69, 9.17) is 21.3 Å². The van der Waals surface area contributed by atoms with Crippen molar-refractivity contribution in [3.8, 4) is 0 Å². The van der Waals surface area contributed by atoms with Crippen LogP contribution in [0.1, 0.15) is 60.0 Å². The number of carbonyl (C=O) groups excluding carboxylic acids is 2. The number of nitrogens with zero attached hydrogens (tertiary/aromatic N) is 6. The van der Waals surface area contributed by atoms with E-state index in [0.717, 1.165) is 58.4 Å². The van der Waals surface area contributed by atoms with Crippen LogP contribution in [0, 0.1) is 6.92 Å². The van der Waals surface area contributed by atoms with Crippen molar-refractivity contribution in [1.82, 2.24) is 29.2 Å². The molecule has 1 aliphatic carbocycles. The lowest BCUT2D eigenvalue weighted by atomic mass is 9.95. The van der Waals surface area contributed by atoms with E-state index in [1.165, 1.54) is 5.56 Å². The van der Waals surface area contributed by atoms with Crippen LogP contribution in [0.15, 0.2) is 77.8 Å². The number of aromatic nitrogens is 3. The summed E-state index contributed by atoms with van der Waals surface area (Å²) >= 11 is 10.1. The molecule has 9 nitrogen and oxygen atoms in total. The van der Waals surface area contributed by atoms with Crippen LogP contribution in [0.2, 0.25) is 5.02 Å². The van der Waals surface area contributed by atoms with E-state index < -0.39 is 12.1 Å². The highest BCUT2D eigenvalue weighted by molar-refractivity contribution is 9.10. The average Bonchev–Trinajstić information content (AvgIpc) is 3.42. The molecule has 2 aromatic carbocycles. The van der Waals surface area contributed by atoms with Crippen molar-refractivity contribution in [2.24, 2.45) is 0 Å². The molecular formula is C37H42BrClN6O3. The summed E-state index contributed by atoms with van der Waals surface area (Å²) in [6.07, 6.45) is 7.31. The fraction of sp³-hybridized carbons (Fsp3) is 0.405. The van der Waals surface area contributed by atoms with E-state index in [1.807, 2.05) is 91.4 Å². The third-order valence-corrected chi connectivity index (χ3v) is 9.73. The zero-order valence-electron chi connectivity index (χ0n) is 27.7. The number of aryl methyl sites for hydroxylation is 4. The molecule has 1 aliphatic heterocycles. The van der Waals surface area contributed by atoms with Gasteiger partial charge in [0.05, 0.1) is 29.9 Å². The minimum Gasteiger partial charge on any atom is -0.447 e. The molecular weight excluding hydrogens is 692 g/mol. The predicted octanol–water partition coefficient (Wildman–Crippen LogP) is 6.84. The maximum absolute atomic E-state index is 14.8. The predicted molar refractivity (Wildman–Crippen MR) is 190 cm³/mol. The van der Waals surface area contributed by atoms with Gasteiger partial charge in [-0.15, -0.1) is 0 Å². The molecule has 0 saturated carbocycles. The fourth-order valence-corrected chi connectivity index (χ4v) is 7.41. The summed E-state index contributed by atoms with van der Waals surface area (Å²) in [4.78, 5) is 43.5. The smallest absolute Gasteiger partial charge is 0.410 e. The Morgan fingerprint density at radius 2 is 1.85 bits per heavy atom. The normalized spacial score (nSPS) is 17.8. The maximum Gasteiger partial charge on any atom is 0.410 e. The molecule has 3 heterocycles.